The summed E-state index contributed by atoms with van der Waals surface area (Å²) in [5.41, 5.74) is 6.00. The molecule has 4 nitrogen and oxygen atoms in total. The number of ether oxygens (including phenoxy) is 1. The highest BCUT2D eigenvalue weighted by molar-refractivity contribution is 5.77. The minimum atomic E-state index is 0.110. The molecule has 0 saturated carbocycles. The maximum atomic E-state index is 11.8. The van der Waals surface area contributed by atoms with E-state index >= 15 is 0 Å². The third-order valence-electron chi connectivity index (χ3n) is 3.24. The first kappa shape index (κ1) is 13.5. The van der Waals surface area contributed by atoms with Crippen LogP contribution in [0.5, 0.6) is 0 Å². The lowest BCUT2D eigenvalue weighted by atomic mass is 9.91. The van der Waals surface area contributed by atoms with E-state index in [9.17, 15) is 4.79 Å². The van der Waals surface area contributed by atoms with Gasteiger partial charge in [0.25, 0.3) is 0 Å². The fourth-order valence-corrected chi connectivity index (χ4v) is 2.10. The highest BCUT2D eigenvalue weighted by Gasteiger charge is 2.27. The van der Waals surface area contributed by atoms with Crippen molar-refractivity contribution in [3.8, 4) is 0 Å². The molecule has 0 radical (unpaired) electrons. The predicted octanol–water partition coefficient (Wildman–Crippen LogP) is 0.999. The molecule has 94 valence electrons. The molecule has 2 N–H and O–H groups in total. The molecule has 0 aromatic carbocycles. The summed E-state index contributed by atoms with van der Waals surface area (Å²) in [5.74, 6) is 0.558. The molecule has 1 saturated heterocycles. The molecule has 0 aromatic heterocycles. The van der Waals surface area contributed by atoms with E-state index in [2.05, 4.69) is 6.92 Å². The number of amides is 1. The molecule has 0 aromatic rings. The second-order valence-corrected chi connectivity index (χ2v) is 4.51. The maximum Gasteiger partial charge on any atom is 0.248 e. The average Bonchev–Trinajstić information content (AvgIpc) is 2.30. The first-order chi connectivity index (χ1) is 7.69. The minimum absolute atomic E-state index is 0.110. The van der Waals surface area contributed by atoms with Crippen LogP contribution in [0.25, 0.3) is 0 Å². The summed E-state index contributed by atoms with van der Waals surface area (Å²) in [7, 11) is 0. The molecule has 1 aliphatic heterocycles. The minimum Gasteiger partial charge on any atom is -0.372 e. The van der Waals surface area contributed by atoms with Crippen LogP contribution in [-0.4, -0.2) is 43.2 Å². The Balaban J connectivity index is 2.33. The van der Waals surface area contributed by atoms with Crippen LogP contribution in [0.4, 0.5) is 0 Å². The van der Waals surface area contributed by atoms with E-state index in [1.165, 1.54) is 0 Å². The molecular formula is C12H24N2O2. The number of carbonyl (C=O) groups is 1. The van der Waals surface area contributed by atoms with Gasteiger partial charge in [-0.3, -0.25) is 4.79 Å². The van der Waals surface area contributed by atoms with Gasteiger partial charge in [0.15, 0.2) is 0 Å². The molecule has 1 heterocycles. The molecule has 16 heavy (non-hydrogen) atoms. The third kappa shape index (κ3) is 3.76. The zero-order valence-electron chi connectivity index (χ0n) is 10.4. The lowest BCUT2D eigenvalue weighted by molar-refractivity contribution is -0.138. The van der Waals surface area contributed by atoms with Crippen LogP contribution in [-0.2, 0) is 9.53 Å². The summed E-state index contributed by atoms with van der Waals surface area (Å²) in [6, 6.07) is 0.255. The van der Waals surface area contributed by atoms with Crippen molar-refractivity contribution in [1.29, 1.82) is 0 Å². The van der Waals surface area contributed by atoms with Gasteiger partial charge in [-0.1, -0.05) is 20.3 Å². The monoisotopic (exact) mass is 228 g/mol. The molecule has 2 atom stereocenters. The Morgan fingerprint density at radius 1 is 1.50 bits per heavy atom. The van der Waals surface area contributed by atoms with E-state index in [-0.39, 0.29) is 18.6 Å². The van der Waals surface area contributed by atoms with E-state index in [4.69, 9.17) is 10.5 Å². The Hall–Kier alpha value is -0.610. The van der Waals surface area contributed by atoms with E-state index in [1.807, 2.05) is 11.8 Å². The summed E-state index contributed by atoms with van der Waals surface area (Å²) in [4.78, 5) is 13.7. The number of rotatable bonds is 5. The largest absolute Gasteiger partial charge is 0.372 e. The molecule has 0 aliphatic carbocycles. The first-order valence-electron chi connectivity index (χ1n) is 6.30. The Kier molecular flexibility index (Phi) is 5.77. The van der Waals surface area contributed by atoms with Crippen molar-refractivity contribution in [2.24, 2.45) is 11.7 Å². The fraction of sp³-hybridized carbons (Fsp3) is 0.917. The molecule has 1 aliphatic rings. The number of likely N-dealkylation sites (tertiary alicyclic amines) is 1. The van der Waals surface area contributed by atoms with Gasteiger partial charge in [0.1, 0.15) is 6.61 Å². The number of piperidine rings is 1. The number of hydrogen-bond acceptors (Lipinski definition) is 3. The third-order valence-corrected chi connectivity index (χ3v) is 3.24. The van der Waals surface area contributed by atoms with Crippen LogP contribution < -0.4 is 5.73 Å². The number of carbonyl (C=O) groups excluding carboxylic acids is 1. The molecule has 2 unspecified atom stereocenters. The predicted molar refractivity (Wildman–Crippen MR) is 64.1 cm³/mol. The molecule has 0 bridgehead atoms. The van der Waals surface area contributed by atoms with Gasteiger partial charge in [0.05, 0.1) is 0 Å². The Morgan fingerprint density at radius 3 is 2.88 bits per heavy atom. The Labute approximate surface area is 98.1 Å². The second kappa shape index (κ2) is 6.86. The van der Waals surface area contributed by atoms with Gasteiger partial charge in [0, 0.05) is 25.7 Å². The summed E-state index contributed by atoms with van der Waals surface area (Å²) < 4.78 is 5.27. The lowest BCUT2D eigenvalue weighted by Crippen LogP contribution is -2.49. The molecule has 4 heteroatoms. The number of hydrogen-bond donors (Lipinski definition) is 1. The highest BCUT2D eigenvalue weighted by Crippen LogP contribution is 2.18. The number of nitrogens with two attached hydrogens (primary N) is 1. The van der Waals surface area contributed by atoms with E-state index in [0.29, 0.717) is 12.5 Å². The van der Waals surface area contributed by atoms with Gasteiger partial charge in [-0.2, -0.15) is 0 Å². The summed E-state index contributed by atoms with van der Waals surface area (Å²) in [6.07, 6.45) is 2.91. The standard InChI is InChI=1S/C12H24N2O2/c1-3-7-16-9-12(15)14-6-5-11(13)10(4-2)8-14/h10-11H,3-9,13H2,1-2H3. The Bertz CT molecular complexity index is 221. The summed E-state index contributed by atoms with van der Waals surface area (Å²) in [6.45, 7) is 6.64. The molecule has 1 rings (SSSR count). The van der Waals surface area contributed by atoms with Crippen molar-refractivity contribution in [2.45, 2.75) is 39.2 Å². The quantitative estimate of drug-likeness (QED) is 0.714. The van der Waals surface area contributed by atoms with Gasteiger partial charge in [-0.25, -0.2) is 0 Å². The van der Waals surface area contributed by atoms with Gasteiger partial charge in [0.2, 0.25) is 5.91 Å². The lowest BCUT2D eigenvalue weighted by Gasteiger charge is -2.36. The van der Waals surface area contributed by atoms with Crippen molar-refractivity contribution in [3.05, 3.63) is 0 Å². The van der Waals surface area contributed by atoms with Crippen molar-refractivity contribution in [2.75, 3.05) is 26.3 Å². The molecule has 1 fully saturated rings. The maximum absolute atomic E-state index is 11.8. The van der Waals surface area contributed by atoms with Gasteiger partial charge in [-0.05, 0) is 18.8 Å². The van der Waals surface area contributed by atoms with Crippen molar-refractivity contribution in [1.82, 2.24) is 4.90 Å². The van der Waals surface area contributed by atoms with Crippen LogP contribution in [0.1, 0.15) is 33.1 Å². The Morgan fingerprint density at radius 2 is 2.25 bits per heavy atom. The first-order valence-corrected chi connectivity index (χ1v) is 6.30. The molecule has 1 amide bonds. The zero-order valence-corrected chi connectivity index (χ0v) is 10.4. The molecular weight excluding hydrogens is 204 g/mol. The van der Waals surface area contributed by atoms with Gasteiger partial charge in [-0.15, -0.1) is 0 Å². The molecule has 0 spiro atoms. The second-order valence-electron chi connectivity index (χ2n) is 4.51. The van der Waals surface area contributed by atoms with Gasteiger partial charge < -0.3 is 15.4 Å². The SMILES string of the molecule is CCCOCC(=O)N1CCC(N)C(CC)C1. The smallest absolute Gasteiger partial charge is 0.248 e. The van der Waals surface area contributed by atoms with E-state index in [0.717, 1.165) is 32.4 Å². The van der Waals surface area contributed by atoms with Crippen LogP contribution in [0, 0.1) is 5.92 Å². The zero-order chi connectivity index (χ0) is 12.0. The fourth-order valence-electron chi connectivity index (χ4n) is 2.10. The topological polar surface area (TPSA) is 55.6 Å². The van der Waals surface area contributed by atoms with E-state index < -0.39 is 0 Å². The van der Waals surface area contributed by atoms with E-state index in [1.54, 1.807) is 0 Å². The summed E-state index contributed by atoms with van der Waals surface area (Å²) in [5, 5.41) is 0. The number of nitrogens with zero attached hydrogens (tertiary/aromatic N) is 1. The van der Waals surface area contributed by atoms with Crippen LogP contribution >= 0.6 is 0 Å². The van der Waals surface area contributed by atoms with Crippen molar-refractivity contribution in [3.63, 3.8) is 0 Å². The summed E-state index contributed by atoms with van der Waals surface area (Å²) >= 11 is 0. The normalized spacial score (nSPS) is 25.8. The highest BCUT2D eigenvalue weighted by atomic mass is 16.5. The van der Waals surface area contributed by atoms with Crippen molar-refractivity contribution < 1.29 is 9.53 Å². The van der Waals surface area contributed by atoms with Crippen LogP contribution in [0.3, 0.4) is 0 Å². The van der Waals surface area contributed by atoms with Crippen LogP contribution in [0.2, 0.25) is 0 Å². The average molecular weight is 228 g/mol. The van der Waals surface area contributed by atoms with Crippen molar-refractivity contribution >= 4 is 5.91 Å². The van der Waals surface area contributed by atoms with Crippen LogP contribution in [0.15, 0.2) is 0 Å². The van der Waals surface area contributed by atoms with Gasteiger partial charge >= 0.3 is 0 Å².